The fourth-order valence-corrected chi connectivity index (χ4v) is 3.45. The molecule has 0 radical (unpaired) electrons. The Balaban J connectivity index is 1.47. The highest BCUT2D eigenvalue weighted by Gasteiger charge is 2.08. The standard InChI is InChI=1S/C22H23FN2O2S/c1-2-3-14-27-20-10-6-16(7-11-20)21(26)24-13-12-19-15-28-22(25-19)17-4-8-18(23)9-5-17/h4-11,15H,2-3,12-14H2,1H3,(H,24,26). The van der Waals surface area contributed by atoms with Crippen LogP contribution in [0.15, 0.2) is 53.9 Å². The number of rotatable bonds is 9. The van der Waals surface area contributed by atoms with Gasteiger partial charge in [-0.25, -0.2) is 9.37 Å². The van der Waals surface area contributed by atoms with Crippen molar-refractivity contribution in [2.75, 3.05) is 13.2 Å². The lowest BCUT2D eigenvalue weighted by Crippen LogP contribution is -2.25. The van der Waals surface area contributed by atoms with Crippen molar-refractivity contribution in [3.63, 3.8) is 0 Å². The molecule has 2 aromatic carbocycles. The van der Waals surface area contributed by atoms with E-state index in [4.69, 9.17) is 4.74 Å². The number of hydrogen-bond acceptors (Lipinski definition) is 4. The van der Waals surface area contributed by atoms with Crippen LogP contribution in [0.25, 0.3) is 10.6 Å². The zero-order chi connectivity index (χ0) is 19.8. The van der Waals surface area contributed by atoms with E-state index in [2.05, 4.69) is 17.2 Å². The first-order chi connectivity index (χ1) is 13.7. The molecular weight excluding hydrogens is 375 g/mol. The molecule has 0 aliphatic rings. The van der Waals surface area contributed by atoms with Crippen molar-refractivity contribution in [3.8, 4) is 16.3 Å². The van der Waals surface area contributed by atoms with Gasteiger partial charge in [0, 0.05) is 29.5 Å². The molecule has 1 N–H and O–H groups in total. The van der Waals surface area contributed by atoms with E-state index < -0.39 is 0 Å². The highest BCUT2D eigenvalue weighted by Crippen LogP contribution is 2.24. The number of benzene rings is 2. The third-order valence-electron chi connectivity index (χ3n) is 4.19. The molecule has 0 aliphatic carbocycles. The maximum Gasteiger partial charge on any atom is 0.251 e. The summed E-state index contributed by atoms with van der Waals surface area (Å²) in [5.41, 5.74) is 2.40. The zero-order valence-corrected chi connectivity index (χ0v) is 16.6. The number of nitrogens with one attached hydrogen (secondary N) is 1. The summed E-state index contributed by atoms with van der Waals surface area (Å²) in [5, 5.41) is 5.72. The van der Waals surface area contributed by atoms with Crippen molar-refractivity contribution in [3.05, 3.63) is 71.0 Å². The van der Waals surface area contributed by atoms with Crippen LogP contribution in [0, 0.1) is 5.82 Å². The molecule has 0 saturated heterocycles. The SMILES string of the molecule is CCCCOc1ccc(C(=O)NCCc2csc(-c3ccc(F)cc3)n2)cc1. The molecule has 1 aromatic heterocycles. The van der Waals surface area contributed by atoms with Gasteiger partial charge in [-0.15, -0.1) is 11.3 Å². The maximum atomic E-state index is 13.0. The Morgan fingerprint density at radius 3 is 2.61 bits per heavy atom. The van der Waals surface area contributed by atoms with Crippen molar-refractivity contribution >= 4 is 17.2 Å². The fourth-order valence-electron chi connectivity index (χ4n) is 2.59. The molecule has 3 aromatic rings. The van der Waals surface area contributed by atoms with E-state index >= 15 is 0 Å². The Labute approximate surface area is 168 Å². The minimum atomic E-state index is -0.260. The topological polar surface area (TPSA) is 51.2 Å². The normalized spacial score (nSPS) is 10.6. The zero-order valence-electron chi connectivity index (χ0n) is 15.8. The van der Waals surface area contributed by atoms with Gasteiger partial charge in [-0.2, -0.15) is 0 Å². The van der Waals surface area contributed by atoms with Gasteiger partial charge in [-0.3, -0.25) is 4.79 Å². The number of carbonyl (C=O) groups is 1. The number of unbranched alkanes of at least 4 members (excludes halogenated alkanes) is 1. The summed E-state index contributed by atoms with van der Waals surface area (Å²) in [5.74, 6) is 0.402. The molecule has 0 bridgehead atoms. The minimum absolute atomic E-state index is 0.117. The van der Waals surface area contributed by atoms with E-state index in [0.29, 0.717) is 25.1 Å². The van der Waals surface area contributed by atoms with Crippen LogP contribution in [-0.2, 0) is 6.42 Å². The van der Waals surface area contributed by atoms with Crippen molar-refractivity contribution < 1.29 is 13.9 Å². The molecule has 0 saturated carbocycles. The number of nitrogens with zero attached hydrogens (tertiary/aromatic N) is 1. The van der Waals surface area contributed by atoms with Crippen molar-refractivity contribution in [2.45, 2.75) is 26.2 Å². The number of amides is 1. The summed E-state index contributed by atoms with van der Waals surface area (Å²) < 4.78 is 18.6. The van der Waals surface area contributed by atoms with Gasteiger partial charge in [-0.05, 0) is 55.0 Å². The van der Waals surface area contributed by atoms with E-state index in [1.165, 1.54) is 23.5 Å². The lowest BCUT2D eigenvalue weighted by Gasteiger charge is -2.07. The molecule has 0 fully saturated rings. The van der Waals surface area contributed by atoms with Crippen LogP contribution in [0.3, 0.4) is 0 Å². The minimum Gasteiger partial charge on any atom is -0.494 e. The molecule has 0 aliphatic heterocycles. The second-order valence-electron chi connectivity index (χ2n) is 6.38. The summed E-state index contributed by atoms with van der Waals surface area (Å²) >= 11 is 1.51. The molecule has 4 nitrogen and oxygen atoms in total. The van der Waals surface area contributed by atoms with Crippen LogP contribution in [0.2, 0.25) is 0 Å². The number of halogens is 1. The molecule has 1 heterocycles. The molecule has 0 atom stereocenters. The van der Waals surface area contributed by atoms with Crippen LogP contribution < -0.4 is 10.1 Å². The molecule has 28 heavy (non-hydrogen) atoms. The number of ether oxygens (including phenoxy) is 1. The monoisotopic (exact) mass is 398 g/mol. The third kappa shape index (κ3) is 5.63. The molecule has 1 amide bonds. The summed E-state index contributed by atoms with van der Waals surface area (Å²) in [6.07, 6.45) is 2.74. The van der Waals surface area contributed by atoms with Crippen LogP contribution in [-0.4, -0.2) is 24.0 Å². The Morgan fingerprint density at radius 2 is 1.89 bits per heavy atom. The maximum absolute atomic E-state index is 13.0. The number of aromatic nitrogens is 1. The molecule has 0 unspecified atom stereocenters. The Morgan fingerprint density at radius 1 is 1.14 bits per heavy atom. The average Bonchev–Trinajstić information content (AvgIpc) is 3.18. The van der Waals surface area contributed by atoms with E-state index in [-0.39, 0.29) is 11.7 Å². The van der Waals surface area contributed by atoms with Crippen molar-refractivity contribution in [2.24, 2.45) is 0 Å². The predicted molar refractivity (Wildman–Crippen MR) is 110 cm³/mol. The number of thiazole rings is 1. The van der Waals surface area contributed by atoms with Crippen LogP contribution in [0.5, 0.6) is 5.75 Å². The van der Waals surface area contributed by atoms with Crippen molar-refractivity contribution in [1.82, 2.24) is 10.3 Å². The number of hydrogen-bond donors (Lipinski definition) is 1. The van der Waals surface area contributed by atoms with Gasteiger partial charge in [0.25, 0.3) is 5.91 Å². The van der Waals surface area contributed by atoms with Crippen LogP contribution >= 0.6 is 11.3 Å². The number of carbonyl (C=O) groups excluding carboxylic acids is 1. The lowest BCUT2D eigenvalue weighted by molar-refractivity contribution is 0.0954. The predicted octanol–water partition coefficient (Wildman–Crippen LogP) is 5.10. The van der Waals surface area contributed by atoms with Gasteiger partial charge < -0.3 is 10.1 Å². The van der Waals surface area contributed by atoms with Gasteiger partial charge in [0.05, 0.1) is 12.3 Å². The first kappa shape index (κ1) is 20.0. The fraction of sp³-hybridized carbons (Fsp3) is 0.273. The Hall–Kier alpha value is -2.73. The largest absolute Gasteiger partial charge is 0.494 e. The highest BCUT2D eigenvalue weighted by atomic mass is 32.1. The summed E-state index contributed by atoms with van der Waals surface area (Å²) in [4.78, 5) is 16.8. The van der Waals surface area contributed by atoms with E-state index in [1.807, 2.05) is 17.5 Å². The van der Waals surface area contributed by atoms with E-state index in [1.54, 1.807) is 24.3 Å². The first-order valence-electron chi connectivity index (χ1n) is 9.37. The van der Waals surface area contributed by atoms with Gasteiger partial charge in [0.2, 0.25) is 0 Å². The van der Waals surface area contributed by atoms with E-state index in [9.17, 15) is 9.18 Å². The second-order valence-corrected chi connectivity index (χ2v) is 7.24. The molecule has 3 rings (SSSR count). The Bertz CT molecular complexity index is 892. The van der Waals surface area contributed by atoms with Crippen molar-refractivity contribution in [1.29, 1.82) is 0 Å². The van der Waals surface area contributed by atoms with Crippen LogP contribution in [0.1, 0.15) is 35.8 Å². The van der Waals surface area contributed by atoms with Gasteiger partial charge >= 0.3 is 0 Å². The van der Waals surface area contributed by atoms with Crippen LogP contribution in [0.4, 0.5) is 4.39 Å². The summed E-state index contributed by atoms with van der Waals surface area (Å²) in [6.45, 7) is 3.31. The van der Waals surface area contributed by atoms with E-state index in [0.717, 1.165) is 34.9 Å². The van der Waals surface area contributed by atoms with Gasteiger partial charge in [-0.1, -0.05) is 13.3 Å². The molecule has 146 valence electrons. The van der Waals surface area contributed by atoms with Gasteiger partial charge in [0.1, 0.15) is 16.6 Å². The third-order valence-corrected chi connectivity index (χ3v) is 5.13. The lowest BCUT2D eigenvalue weighted by atomic mass is 10.2. The molecule has 6 heteroatoms. The highest BCUT2D eigenvalue weighted by molar-refractivity contribution is 7.13. The average molecular weight is 399 g/mol. The summed E-state index contributed by atoms with van der Waals surface area (Å²) in [6, 6.07) is 13.5. The quantitative estimate of drug-likeness (QED) is 0.510. The first-order valence-corrected chi connectivity index (χ1v) is 10.2. The summed E-state index contributed by atoms with van der Waals surface area (Å²) in [7, 11) is 0. The second kappa shape index (κ2) is 9.99. The van der Waals surface area contributed by atoms with Gasteiger partial charge in [0.15, 0.2) is 0 Å². The Kier molecular flexibility index (Phi) is 7.14. The smallest absolute Gasteiger partial charge is 0.251 e. The molecule has 0 spiro atoms. The molecular formula is C22H23FN2O2S.